The van der Waals surface area contributed by atoms with E-state index in [0.717, 1.165) is 47.3 Å². The topological polar surface area (TPSA) is 107 Å². The van der Waals surface area contributed by atoms with Crippen molar-refractivity contribution in [1.29, 1.82) is 0 Å². The summed E-state index contributed by atoms with van der Waals surface area (Å²) in [5, 5.41) is 10.4. The lowest BCUT2D eigenvalue weighted by molar-refractivity contribution is -0.147. The van der Waals surface area contributed by atoms with E-state index in [4.69, 9.17) is 23.7 Å². The molecule has 2 heterocycles. The van der Waals surface area contributed by atoms with Gasteiger partial charge in [-0.3, -0.25) is 14.6 Å². The Balaban J connectivity index is 1.57. The van der Waals surface area contributed by atoms with Gasteiger partial charge in [0.1, 0.15) is 6.61 Å². The molecule has 3 aliphatic rings. The maximum atomic E-state index is 14.4. The highest BCUT2D eigenvalue weighted by Gasteiger charge is 2.58. The number of carboxylic acids is 1. The zero-order chi connectivity index (χ0) is 34.0. The first kappa shape index (κ1) is 33.5. The summed E-state index contributed by atoms with van der Waals surface area (Å²) in [6.07, 6.45) is 2.24. The fraction of sp³-hybridized carbons (Fsp3) is 0.474. The van der Waals surface area contributed by atoms with Gasteiger partial charge in [0.25, 0.3) is 0 Å². The van der Waals surface area contributed by atoms with Crippen LogP contribution in [-0.4, -0.2) is 75.0 Å². The third kappa shape index (κ3) is 5.80. The Labute approximate surface area is 282 Å². The van der Waals surface area contributed by atoms with Crippen LogP contribution in [-0.2, 0) is 34.5 Å². The number of hydrogen-bond acceptors (Lipinski definition) is 8. The molecule has 1 aliphatic carbocycles. The normalized spacial score (nSPS) is 23.5. The molecule has 10 heteroatoms. The van der Waals surface area contributed by atoms with Crippen LogP contribution in [0.4, 0.5) is 4.79 Å². The van der Waals surface area contributed by atoms with E-state index in [2.05, 4.69) is 17.9 Å². The van der Waals surface area contributed by atoms with Crippen molar-refractivity contribution in [2.75, 3.05) is 48.1 Å². The molecule has 256 valence electrons. The summed E-state index contributed by atoms with van der Waals surface area (Å²) in [7, 11) is 6.50. The van der Waals surface area contributed by atoms with Crippen LogP contribution >= 0.6 is 0 Å². The Morgan fingerprint density at radius 2 is 1.48 bits per heavy atom. The van der Waals surface area contributed by atoms with Gasteiger partial charge in [0.15, 0.2) is 23.0 Å². The molecule has 1 saturated carbocycles. The van der Waals surface area contributed by atoms with Crippen LogP contribution in [0.2, 0.25) is 0 Å². The van der Waals surface area contributed by atoms with Crippen LogP contribution in [0.5, 0.6) is 23.0 Å². The van der Waals surface area contributed by atoms with E-state index in [0.29, 0.717) is 55.2 Å². The first-order valence-electron chi connectivity index (χ1n) is 16.7. The van der Waals surface area contributed by atoms with Crippen LogP contribution in [0.3, 0.4) is 0 Å². The molecule has 1 unspecified atom stereocenters. The third-order valence-corrected chi connectivity index (χ3v) is 10.8. The number of amides is 1. The Hall–Kier alpha value is -4.44. The Morgan fingerprint density at radius 1 is 0.854 bits per heavy atom. The van der Waals surface area contributed by atoms with Gasteiger partial charge >= 0.3 is 12.1 Å². The number of fused-ring (bicyclic) bond motifs is 3. The van der Waals surface area contributed by atoms with E-state index in [-0.39, 0.29) is 18.6 Å². The van der Waals surface area contributed by atoms with Crippen molar-refractivity contribution in [3.8, 4) is 23.0 Å². The number of ether oxygens (including phenoxy) is 5. The lowest BCUT2D eigenvalue weighted by Gasteiger charge is -2.58. The van der Waals surface area contributed by atoms with Gasteiger partial charge in [-0.1, -0.05) is 37.3 Å². The highest BCUT2D eigenvalue weighted by molar-refractivity contribution is 5.73. The molecule has 1 spiro atoms. The molecule has 3 aromatic carbocycles. The largest absolute Gasteiger partial charge is 0.493 e. The van der Waals surface area contributed by atoms with Gasteiger partial charge < -0.3 is 28.8 Å². The molecule has 0 radical (unpaired) electrons. The first-order chi connectivity index (χ1) is 23.3. The summed E-state index contributed by atoms with van der Waals surface area (Å²) < 4.78 is 29.1. The van der Waals surface area contributed by atoms with Gasteiger partial charge in [-0.15, -0.1) is 0 Å². The van der Waals surface area contributed by atoms with E-state index < -0.39 is 23.5 Å². The van der Waals surface area contributed by atoms with Gasteiger partial charge in [0.05, 0.1) is 39.9 Å². The quantitative estimate of drug-likeness (QED) is 0.286. The van der Waals surface area contributed by atoms with Crippen molar-refractivity contribution in [2.24, 2.45) is 11.8 Å². The molecule has 10 nitrogen and oxygen atoms in total. The fourth-order valence-corrected chi connectivity index (χ4v) is 8.50. The van der Waals surface area contributed by atoms with Crippen molar-refractivity contribution < 1.29 is 38.4 Å². The molecule has 4 atom stereocenters. The number of nitrogens with zero attached hydrogens (tertiary/aromatic N) is 2. The van der Waals surface area contributed by atoms with Gasteiger partial charge in [-0.05, 0) is 90.7 Å². The molecule has 3 aromatic rings. The number of carboxylic acid groups (broad SMARTS) is 1. The molecule has 0 bridgehead atoms. The molecule has 0 aromatic heterocycles. The van der Waals surface area contributed by atoms with Crippen molar-refractivity contribution in [3.05, 3.63) is 82.4 Å². The van der Waals surface area contributed by atoms with Crippen molar-refractivity contribution in [3.63, 3.8) is 0 Å². The second-order valence-electron chi connectivity index (χ2n) is 12.9. The molecular weight excluding hydrogens is 612 g/mol. The highest BCUT2D eigenvalue weighted by atomic mass is 16.6. The number of likely N-dealkylation sites (N-methyl/N-ethyl adjacent to an activating group) is 1. The lowest BCUT2D eigenvalue weighted by atomic mass is 9.58. The SMILES string of the molecule is CCN1CCc2cc(OC)c(OC)cc2C1[C@H]1C[C@@H](C(=O)O)CC[C@]12c1cc(OC)c(OC)cc1CCN2C(=O)OCc1ccccc1. The molecule has 2 aliphatic heterocycles. The zero-order valence-corrected chi connectivity index (χ0v) is 28.5. The standard InChI is InChI=1S/C38H46N2O8/c1-6-39-16-13-25-19-31(44-2)33(46-4)21-28(25)35(39)30-18-27(36(41)42)12-15-38(30)29-22-34(47-5)32(45-3)20-26(29)14-17-40(38)37(43)48-23-24-10-8-7-9-11-24/h7-11,19-22,27,30,35H,6,12-18,23H2,1-5H3,(H,41,42)/t27-,30+,35?,38-/m0/s1. The van der Waals surface area contributed by atoms with E-state index >= 15 is 0 Å². The monoisotopic (exact) mass is 658 g/mol. The summed E-state index contributed by atoms with van der Waals surface area (Å²) in [5.74, 6) is 0.765. The molecule has 48 heavy (non-hydrogen) atoms. The zero-order valence-electron chi connectivity index (χ0n) is 28.5. The number of aliphatic carboxylic acids is 1. The van der Waals surface area contributed by atoms with Crippen LogP contribution < -0.4 is 18.9 Å². The lowest BCUT2D eigenvalue weighted by Crippen LogP contribution is -2.62. The highest BCUT2D eigenvalue weighted by Crippen LogP contribution is 2.59. The van der Waals surface area contributed by atoms with E-state index in [1.807, 2.05) is 53.4 Å². The summed E-state index contributed by atoms with van der Waals surface area (Å²) >= 11 is 0. The van der Waals surface area contributed by atoms with Crippen LogP contribution in [0.1, 0.15) is 60.0 Å². The minimum absolute atomic E-state index is 0.137. The molecule has 1 fully saturated rings. The molecule has 6 rings (SSSR count). The average molecular weight is 659 g/mol. The minimum Gasteiger partial charge on any atom is -0.493 e. The van der Waals surface area contributed by atoms with Gasteiger partial charge in [0.2, 0.25) is 0 Å². The van der Waals surface area contributed by atoms with Crippen LogP contribution in [0.25, 0.3) is 0 Å². The summed E-state index contributed by atoms with van der Waals surface area (Å²) in [5.41, 5.74) is 4.23. The Morgan fingerprint density at radius 3 is 2.12 bits per heavy atom. The smallest absolute Gasteiger partial charge is 0.410 e. The molecule has 1 amide bonds. The molecular formula is C38H46N2O8. The Bertz CT molecular complexity index is 1650. The number of carbonyl (C=O) groups is 2. The van der Waals surface area contributed by atoms with Crippen LogP contribution in [0.15, 0.2) is 54.6 Å². The van der Waals surface area contributed by atoms with Gasteiger partial charge in [0, 0.05) is 25.0 Å². The summed E-state index contributed by atoms with van der Waals surface area (Å²) in [4.78, 5) is 31.5. The summed E-state index contributed by atoms with van der Waals surface area (Å²) in [6.45, 7) is 4.22. The number of hydrogen-bond donors (Lipinski definition) is 1. The van der Waals surface area contributed by atoms with Crippen molar-refractivity contribution in [1.82, 2.24) is 9.80 Å². The van der Waals surface area contributed by atoms with E-state index in [1.54, 1.807) is 28.4 Å². The predicted molar refractivity (Wildman–Crippen MR) is 180 cm³/mol. The van der Waals surface area contributed by atoms with Crippen LogP contribution in [0, 0.1) is 11.8 Å². The van der Waals surface area contributed by atoms with Gasteiger partial charge in [-0.25, -0.2) is 4.79 Å². The maximum Gasteiger partial charge on any atom is 0.410 e. The third-order valence-electron chi connectivity index (χ3n) is 10.8. The number of methoxy groups -OCH3 is 4. The number of carbonyl (C=O) groups excluding carboxylic acids is 1. The molecule has 0 saturated heterocycles. The second kappa shape index (κ2) is 14.0. The molecule has 1 N–H and O–H groups in total. The van der Waals surface area contributed by atoms with Crippen molar-refractivity contribution in [2.45, 2.75) is 57.2 Å². The summed E-state index contributed by atoms with van der Waals surface area (Å²) in [6, 6.07) is 17.6. The number of rotatable bonds is 9. The Kier molecular flexibility index (Phi) is 9.73. The fourth-order valence-electron chi connectivity index (χ4n) is 8.50. The first-order valence-corrected chi connectivity index (χ1v) is 16.7. The average Bonchev–Trinajstić information content (AvgIpc) is 3.12. The minimum atomic E-state index is -0.896. The van der Waals surface area contributed by atoms with E-state index in [9.17, 15) is 14.7 Å². The maximum absolute atomic E-state index is 14.4. The van der Waals surface area contributed by atoms with Gasteiger partial charge in [-0.2, -0.15) is 0 Å². The predicted octanol–water partition coefficient (Wildman–Crippen LogP) is 6.23. The van der Waals surface area contributed by atoms with Crippen molar-refractivity contribution >= 4 is 12.1 Å². The second-order valence-corrected chi connectivity index (χ2v) is 12.9. The van der Waals surface area contributed by atoms with E-state index in [1.165, 1.54) is 0 Å². The number of benzene rings is 3.